The van der Waals surface area contributed by atoms with E-state index in [4.69, 9.17) is 30.6 Å². The molecule has 0 radical (unpaired) electrons. The zero-order valence-electron chi connectivity index (χ0n) is 10.2. The molecule has 0 unspecified atom stereocenters. The molecule has 0 fully saturated rings. The van der Waals surface area contributed by atoms with Gasteiger partial charge in [-0.15, -0.1) is 0 Å². The maximum absolute atomic E-state index is 8.25. The van der Waals surface area contributed by atoms with Crippen LogP contribution >= 0.6 is 0 Å². The predicted molar refractivity (Wildman–Crippen MR) is 68.2 cm³/mol. The summed E-state index contributed by atoms with van der Waals surface area (Å²) < 4.78 is 0. The van der Waals surface area contributed by atoms with E-state index in [1.54, 1.807) is 12.4 Å². The Labute approximate surface area is 132 Å². The van der Waals surface area contributed by atoms with Crippen molar-refractivity contribution in [1.82, 2.24) is 9.97 Å². The van der Waals surface area contributed by atoms with Gasteiger partial charge < -0.3 is 30.6 Å². The first-order chi connectivity index (χ1) is 9.43. The van der Waals surface area contributed by atoms with Crippen LogP contribution in [0.3, 0.4) is 0 Å². The van der Waals surface area contributed by atoms with Crippen molar-refractivity contribution in [2.24, 2.45) is 0 Å². The monoisotopic (exact) mass is 386 g/mol. The van der Waals surface area contributed by atoms with Gasteiger partial charge in [0, 0.05) is 12.4 Å². The van der Waals surface area contributed by atoms with E-state index in [9.17, 15) is 0 Å². The topological polar surface area (TPSA) is 158 Å². The van der Waals surface area contributed by atoms with Crippen molar-refractivity contribution in [2.45, 2.75) is 0 Å². The first kappa shape index (κ1) is 20.7. The van der Waals surface area contributed by atoms with Gasteiger partial charge >= 0.3 is 20.4 Å². The van der Waals surface area contributed by atoms with E-state index in [2.05, 4.69) is 9.97 Å². The Bertz CT molecular complexity index is 470. The number of aromatic nitrogens is 2. The molecule has 10 nitrogen and oxygen atoms in total. The molecular weight excluding hydrogens is 379 g/mol. The van der Waals surface area contributed by atoms with Crippen molar-refractivity contribution in [3.63, 3.8) is 0 Å². The van der Waals surface area contributed by atoms with Gasteiger partial charge in [-0.2, -0.15) is 0 Å². The quantitative estimate of drug-likeness (QED) is 0.406. The molecule has 2 rings (SSSR count). The van der Waals surface area contributed by atoms with Crippen molar-refractivity contribution in [2.75, 3.05) is 0 Å². The van der Waals surface area contributed by atoms with Crippen molar-refractivity contribution >= 4 is 0 Å². The second kappa shape index (κ2) is 12.4. The fourth-order valence-corrected chi connectivity index (χ4v) is 1.03. The molecule has 2 heterocycles. The van der Waals surface area contributed by atoms with Gasteiger partial charge in [-0.3, -0.25) is 9.97 Å². The number of hydrogen-bond donors (Lipinski definition) is 0. The van der Waals surface area contributed by atoms with Crippen molar-refractivity contribution in [3.05, 3.63) is 79.4 Å². The Morgan fingerprint density at radius 3 is 1.19 bits per heavy atom. The van der Waals surface area contributed by atoms with Crippen LogP contribution in [0.1, 0.15) is 0 Å². The maximum atomic E-state index is 8.25. The molecule has 0 atom stereocenters. The molecule has 114 valence electrons. The van der Waals surface area contributed by atoms with Crippen LogP contribution in [0.4, 0.5) is 0 Å². The van der Waals surface area contributed by atoms with Gasteiger partial charge in [0.05, 0.1) is 21.6 Å². The van der Waals surface area contributed by atoms with Gasteiger partial charge in [-0.1, -0.05) is 12.1 Å². The normalized spacial score (nSPS) is 7.81. The van der Waals surface area contributed by atoms with Crippen LogP contribution in [0.5, 0.6) is 0 Å². The molecule has 0 N–H and O–H groups in total. The standard InChI is InChI=1S/C10H8N2.2NO3.Pd/c1-3-7-11-9(5-1)10-6-2-4-8-12-10;2*2-1(3)4;/h1-8H;;;/q;2*-1;+2. The zero-order valence-corrected chi connectivity index (χ0v) is 11.7. The Morgan fingerprint density at radius 1 is 0.714 bits per heavy atom. The third kappa shape index (κ3) is 13.6. The van der Waals surface area contributed by atoms with Crippen LogP contribution in [-0.4, -0.2) is 20.1 Å². The molecule has 2 aromatic rings. The molecule has 0 aliphatic heterocycles. The summed E-state index contributed by atoms with van der Waals surface area (Å²) in [5, 5.41) is 29.5. The number of rotatable bonds is 1. The average Bonchev–Trinajstić information content (AvgIpc) is 2.39. The molecule has 0 aliphatic carbocycles. The van der Waals surface area contributed by atoms with E-state index in [0.717, 1.165) is 11.4 Å². The second-order valence-corrected chi connectivity index (χ2v) is 2.88. The third-order valence-electron chi connectivity index (χ3n) is 1.59. The van der Waals surface area contributed by atoms with Crippen molar-refractivity contribution < 1.29 is 30.6 Å². The molecule has 2 aromatic heterocycles. The van der Waals surface area contributed by atoms with Crippen LogP contribution in [0.2, 0.25) is 0 Å². The largest absolute Gasteiger partial charge is 2.00 e. The SMILES string of the molecule is O=[N+]([O-])[O-].O=[N+]([O-])[O-].[Pd+2].c1ccc(-c2ccccn2)nc1. The molecule has 0 spiro atoms. The molecule has 21 heavy (non-hydrogen) atoms. The van der Waals surface area contributed by atoms with Crippen LogP contribution in [0, 0.1) is 30.6 Å². The van der Waals surface area contributed by atoms with E-state index in [-0.39, 0.29) is 20.4 Å². The number of nitrogens with zero attached hydrogens (tertiary/aromatic N) is 4. The fourth-order valence-electron chi connectivity index (χ4n) is 1.03. The Hall–Kier alpha value is -2.64. The molecule has 0 bridgehead atoms. The summed E-state index contributed by atoms with van der Waals surface area (Å²) in [7, 11) is 0. The van der Waals surface area contributed by atoms with E-state index >= 15 is 0 Å². The van der Waals surface area contributed by atoms with Gasteiger partial charge in [0.2, 0.25) is 0 Å². The summed E-state index contributed by atoms with van der Waals surface area (Å²) in [6.07, 6.45) is 3.54. The van der Waals surface area contributed by atoms with Crippen LogP contribution in [0.25, 0.3) is 11.4 Å². The summed E-state index contributed by atoms with van der Waals surface area (Å²) in [6, 6.07) is 11.6. The average molecular weight is 387 g/mol. The Morgan fingerprint density at radius 2 is 1.00 bits per heavy atom. The first-order valence-electron chi connectivity index (χ1n) is 4.89. The zero-order chi connectivity index (χ0) is 15.4. The molecule has 0 saturated carbocycles. The van der Waals surface area contributed by atoms with Gasteiger partial charge in [0.15, 0.2) is 0 Å². The maximum Gasteiger partial charge on any atom is 2.00 e. The number of hydrogen-bond acceptors (Lipinski definition) is 8. The van der Waals surface area contributed by atoms with Crippen LogP contribution < -0.4 is 0 Å². The summed E-state index contributed by atoms with van der Waals surface area (Å²) in [5.74, 6) is 0. The molecule has 0 aliphatic rings. The Kier molecular flexibility index (Phi) is 12.2. The van der Waals surface area contributed by atoms with Gasteiger partial charge in [-0.25, -0.2) is 0 Å². The predicted octanol–water partition coefficient (Wildman–Crippen LogP) is 1.66. The fraction of sp³-hybridized carbons (Fsp3) is 0. The van der Waals surface area contributed by atoms with E-state index < -0.39 is 10.2 Å². The van der Waals surface area contributed by atoms with Gasteiger partial charge in [0.25, 0.3) is 0 Å². The molecule has 11 heteroatoms. The summed E-state index contributed by atoms with van der Waals surface area (Å²) >= 11 is 0. The first-order valence-corrected chi connectivity index (χ1v) is 4.89. The van der Waals surface area contributed by atoms with Crippen molar-refractivity contribution in [1.29, 1.82) is 0 Å². The Balaban J connectivity index is 0. The summed E-state index contributed by atoms with van der Waals surface area (Å²) in [4.78, 5) is 24.9. The van der Waals surface area contributed by atoms with Gasteiger partial charge in [0.1, 0.15) is 0 Å². The van der Waals surface area contributed by atoms with Crippen molar-refractivity contribution in [3.8, 4) is 11.4 Å². The summed E-state index contributed by atoms with van der Waals surface area (Å²) in [6.45, 7) is 0. The molecular formula is C10H8N4O6Pd. The minimum absolute atomic E-state index is 0. The van der Waals surface area contributed by atoms with Crippen LogP contribution in [0.15, 0.2) is 48.8 Å². The molecule has 0 aromatic carbocycles. The van der Waals surface area contributed by atoms with Gasteiger partial charge in [-0.05, 0) is 24.3 Å². The molecule has 0 amide bonds. The minimum Gasteiger partial charge on any atom is -0.356 e. The third-order valence-corrected chi connectivity index (χ3v) is 1.59. The van der Waals surface area contributed by atoms with E-state index in [1.165, 1.54) is 0 Å². The smallest absolute Gasteiger partial charge is 0.356 e. The minimum atomic E-state index is -1.75. The summed E-state index contributed by atoms with van der Waals surface area (Å²) in [5.41, 5.74) is 1.83. The molecule has 0 saturated heterocycles. The van der Waals surface area contributed by atoms with Crippen LogP contribution in [-0.2, 0) is 20.4 Å². The second-order valence-electron chi connectivity index (χ2n) is 2.88. The van der Waals surface area contributed by atoms with E-state index in [0.29, 0.717) is 0 Å². The number of pyridine rings is 2. The van der Waals surface area contributed by atoms with E-state index in [1.807, 2.05) is 36.4 Å².